The first-order valence-electron chi connectivity index (χ1n) is 5.80. The van der Waals surface area contributed by atoms with E-state index in [1.807, 2.05) is 7.05 Å². The van der Waals surface area contributed by atoms with Gasteiger partial charge in [-0.1, -0.05) is 19.1 Å². The Hall–Kier alpha value is -1.04. The maximum atomic E-state index is 9.15. The minimum atomic E-state index is -1.43. The summed E-state index contributed by atoms with van der Waals surface area (Å²) in [4.78, 5) is 2.17. The Morgan fingerprint density at radius 2 is 2.06 bits per heavy atom. The standard InChI is InChI=1S/C12H20BNO3/c1-4-7-14(2)9-10-8-11(13(15)16)5-6-12(10)17-3/h5-6,8,15-16H,4,7,9H2,1-3H3. The Bertz CT molecular complexity index is 358. The van der Waals surface area contributed by atoms with Crippen molar-refractivity contribution in [3.05, 3.63) is 23.8 Å². The Morgan fingerprint density at radius 3 is 2.59 bits per heavy atom. The van der Waals surface area contributed by atoms with E-state index in [2.05, 4.69) is 11.8 Å². The molecule has 0 aliphatic rings. The van der Waals surface area contributed by atoms with Crippen LogP contribution < -0.4 is 10.2 Å². The van der Waals surface area contributed by atoms with Crippen molar-refractivity contribution in [3.63, 3.8) is 0 Å². The average Bonchev–Trinajstić information content (AvgIpc) is 2.29. The molecule has 0 spiro atoms. The average molecular weight is 237 g/mol. The molecule has 0 aliphatic carbocycles. The van der Waals surface area contributed by atoms with E-state index in [-0.39, 0.29) is 0 Å². The van der Waals surface area contributed by atoms with E-state index in [1.165, 1.54) is 0 Å². The molecule has 0 atom stereocenters. The van der Waals surface area contributed by atoms with Gasteiger partial charge in [0.15, 0.2) is 0 Å². The largest absolute Gasteiger partial charge is 0.496 e. The lowest BCUT2D eigenvalue weighted by atomic mass is 9.79. The van der Waals surface area contributed by atoms with Crippen LogP contribution in [0.4, 0.5) is 0 Å². The van der Waals surface area contributed by atoms with Gasteiger partial charge in [0, 0.05) is 12.1 Å². The first-order chi connectivity index (χ1) is 8.08. The van der Waals surface area contributed by atoms with Crippen LogP contribution in [0, 0.1) is 0 Å². The first kappa shape index (κ1) is 14.0. The Balaban J connectivity index is 2.89. The fourth-order valence-electron chi connectivity index (χ4n) is 1.83. The molecule has 0 aliphatic heterocycles. The van der Waals surface area contributed by atoms with Gasteiger partial charge in [0.1, 0.15) is 5.75 Å². The fourth-order valence-corrected chi connectivity index (χ4v) is 1.83. The van der Waals surface area contributed by atoms with Crippen molar-refractivity contribution in [1.29, 1.82) is 0 Å². The van der Waals surface area contributed by atoms with Crippen LogP contribution in [0.3, 0.4) is 0 Å². The molecular formula is C12H20BNO3. The third-order valence-electron chi connectivity index (χ3n) is 2.65. The van der Waals surface area contributed by atoms with Crippen LogP contribution in [0.1, 0.15) is 18.9 Å². The molecule has 1 aromatic carbocycles. The highest BCUT2D eigenvalue weighted by Crippen LogP contribution is 2.18. The van der Waals surface area contributed by atoms with Crippen LogP contribution >= 0.6 is 0 Å². The Kier molecular flexibility index (Phi) is 5.48. The maximum Gasteiger partial charge on any atom is 0.488 e. The molecule has 94 valence electrons. The molecule has 0 amide bonds. The summed E-state index contributed by atoms with van der Waals surface area (Å²) in [5.74, 6) is 0.775. The van der Waals surface area contributed by atoms with E-state index in [0.717, 1.165) is 30.8 Å². The summed E-state index contributed by atoms with van der Waals surface area (Å²) >= 11 is 0. The number of rotatable bonds is 6. The van der Waals surface area contributed by atoms with E-state index < -0.39 is 7.12 Å². The van der Waals surface area contributed by atoms with Gasteiger partial charge in [-0.3, -0.25) is 0 Å². The molecule has 0 fully saturated rings. The van der Waals surface area contributed by atoms with Gasteiger partial charge in [0.05, 0.1) is 7.11 Å². The lowest BCUT2D eigenvalue weighted by Gasteiger charge is -2.18. The molecule has 17 heavy (non-hydrogen) atoms. The lowest BCUT2D eigenvalue weighted by Crippen LogP contribution is -2.30. The molecule has 0 saturated carbocycles. The smallest absolute Gasteiger partial charge is 0.488 e. The number of methoxy groups -OCH3 is 1. The van der Waals surface area contributed by atoms with Gasteiger partial charge >= 0.3 is 7.12 Å². The zero-order valence-electron chi connectivity index (χ0n) is 10.7. The minimum Gasteiger partial charge on any atom is -0.496 e. The summed E-state index contributed by atoms with van der Waals surface area (Å²) in [7, 11) is 2.22. The Labute approximate surface area is 103 Å². The van der Waals surface area contributed by atoms with E-state index in [9.17, 15) is 0 Å². The number of benzene rings is 1. The zero-order valence-corrected chi connectivity index (χ0v) is 10.7. The number of hydrogen-bond acceptors (Lipinski definition) is 4. The molecule has 0 radical (unpaired) electrons. The van der Waals surface area contributed by atoms with Crippen LogP contribution in [0.15, 0.2) is 18.2 Å². The number of nitrogens with zero attached hydrogens (tertiary/aromatic N) is 1. The minimum absolute atomic E-state index is 0.491. The van der Waals surface area contributed by atoms with E-state index in [0.29, 0.717) is 5.46 Å². The predicted molar refractivity (Wildman–Crippen MR) is 69.4 cm³/mol. The molecule has 5 heteroatoms. The van der Waals surface area contributed by atoms with Gasteiger partial charge in [0.25, 0.3) is 0 Å². The van der Waals surface area contributed by atoms with Gasteiger partial charge in [-0.25, -0.2) is 0 Å². The molecule has 1 aromatic rings. The van der Waals surface area contributed by atoms with Crippen molar-refractivity contribution in [2.45, 2.75) is 19.9 Å². The Morgan fingerprint density at radius 1 is 1.35 bits per heavy atom. The van der Waals surface area contributed by atoms with Crippen LogP contribution in [0.5, 0.6) is 5.75 Å². The van der Waals surface area contributed by atoms with Crippen LogP contribution in [-0.2, 0) is 6.54 Å². The normalized spacial score (nSPS) is 10.7. The van der Waals surface area contributed by atoms with E-state index >= 15 is 0 Å². The summed E-state index contributed by atoms with van der Waals surface area (Å²) in [6.45, 7) is 3.86. The highest BCUT2D eigenvalue weighted by Gasteiger charge is 2.14. The molecule has 4 nitrogen and oxygen atoms in total. The fraction of sp³-hybridized carbons (Fsp3) is 0.500. The van der Waals surface area contributed by atoms with Crippen molar-refractivity contribution < 1.29 is 14.8 Å². The van der Waals surface area contributed by atoms with Gasteiger partial charge in [0.2, 0.25) is 0 Å². The number of hydrogen-bond donors (Lipinski definition) is 2. The zero-order chi connectivity index (χ0) is 12.8. The second kappa shape index (κ2) is 6.64. The summed E-state index contributed by atoms with van der Waals surface area (Å²) in [6.07, 6.45) is 1.08. The predicted octanol–water partition coefficient (Wildman–Crippen LogP) is 0.217. The van der Waals surface area contributed by atoms with Crippen LogP contribution in [0.25, 0.3) is 0 Å². The molecule has 2 N–H and O–H groups in total. The second-order valence-corrected chi connectivity index (χ2v) is 4.18. The summed E-state index contributed by atoms with van der Waals surface area (Å²) in [6, 6.07) is 5.20. The third kappa shape index (κ3) is 4.04. The van der Waals surface area contributed by atoms with E-state index in [4.69, 9.17) is 14.8 Å². The van der Waals surface area contributed by atoms with E-state index in [1.54, 1.807) is 25.3 Å². The number of ether oxygens (including phenoxy) is 1. The van der Waals surface area contributed by atoms with Crippen molar-refractivity contribution in [3.8, 4) is 5.75 Å². The first-order valence-corrected chi connectivity index (χ1v) is 5.80. The van der Waals surface area contributed by atoms with Crippen molar-refractivity contribution >= 4 is 12.6 Å². The van der Waals surface area contributed by atoms with Gasteiger partial charge in [-0.2, -0.15) is 0 Å². The molecule has 0 saturated heterocycles. The lowest BCUT2D eigenvalue weighted by molar-refractivity contribution is 0.318. The molecule has 0 heterocycles. The molecular weight excluding hydrogens is 217 g/mol. The second-order valence-electron chi connectivity index (χ2n) is 4.18. The molecule has 0 aromatic heterocycles. The molecule has 0 bridgehead atoms. The highest BCUT2D eigenvalue weighted by molar-refractivity contribution is 6.58. The summed E-state index contributed by atoms with van der Waals surface area (Å²) < 4.78 is 5.27. The summed E-state index contributed by atoms with van der Waals surface area (Å²) in [5, 5.41) is 18.3. The van der Waals surface area contributed by atoms with Gasteiger partial charge in [-0.15, -0.1) is 0 Å². The molecule has 1 rings (SSSR count). The maximum absolute atomic E-state index is 9.15. The summed E-state index contributed by atoms with van der Waals surface area (Å²) in [5.41, 5.74) is 1.46. The topological polar surface area (TPSA) is 52.9 Å². The van der Waals surface area contributed by atoms with Crippen molar-refractivity contribution in [2.75, 3.05) is 20.7 Å². The van der Waals surface area contributed by atoms with Gasteiger partial charge in [-0.05, 0) is 31.5 Å². The monoisotopic (exact) mass is 237 g/mol. The molecule has 0 unspecified atom stereocenters. The van der Waals surface area contributed by atoms with Crippen molar-refractivity contribution in [1.82, 2.24) is 4.90 Å². The SMILES string of the molecule is CCCN(C)Cc1cc(B(O)O)ccc1OC. The highest BCUT2D eigenvalue weighted by atomic mass is 16.5. The van der Waals surface area contributed by atoms with Crippen molar-refractivity contribution in [2.24, 2.45) is 0 Å². The van der Waals surface area contributed by atoms with Gasteiger partial charge < -0.3 is 19.7 Å². The van der Waals surface area contributed by atoms with Crippen LogP contribution in [-0.4, -0.2) is 42.8 Å². The van der Waals surface area contributed by atoms with Crippen LogP contribution in [0.2, 0.25) is 0 Å². The quantitative estimate of drug-likeness (QED) is 0.695. The third-order valence-corrected chi connectivity index (χ3v) is 2.65.